The van der Waals surface area contributed by atoms with Crippen molar-refractivity contribution in [3.05, 3.63) is 16.1 Å². The summed E-state index contributed by atoms with van der Waals surface area (Å²) in [6.07, 6.45) is 4.01. The zero-order valence-electron chi connectivity index (χ0n) is 8.64. The van der Waals surface area contributed by atoms with E-state index in [4.69, 9.17) is 18.0 Å². The first-order chi connectivity index (χ1) is 7.02. The molecule has 82 valence electrons. The van der Waals surface area contributed by atoms with Gasteiger partial charge in [0, 0.05) is 25.7 Å². The summed E-state index contributed by atoms with van der Waals surface area (Å²) in [6.45, 7) is 2.07. The Hall–Kier alpha value is -0.500. The topological polar surface area (TPSA) is 55.0 Å². The van der Waals surface area contributed by atoms with Gasteiger partial charge < -0.3 is 10.6 Å². The molecule has 4 nitrogen and oxygen atoms in total. The van der Waals surface area contributed by atoms with Gasteiger partial charge in [0.25, 0.3) is 0 Å². The largest absolute Gasteiger partial charge is 0.393 e. The smallest absolute Gasteiger partial charge is 0.145 e. The molecule has 0 radical (unpaired) electrons. The summed E-state index contributed by atoms with van der Waals surface area (Å²) in [7, 11) is 1.98. The summed E-state index contributed by atoms with van der Waals surface area (Å²) in [5.74, 6) is 0.911. The molecule has 0 saturated carbocycles. The number of hydrogen-bond donors (Lipinski definition) is 1. The fraction of sp³-hybridized carbons (Fsp3) is 0.444. The molecule has 1 heterocycles. The van der Waals surface area contributed by atoms with Gasteiger partial charge in [-0.1, -0.05) is 12.2 Å². The van der Waals surface area contributed by atoms with E-state index in [0.29, 0.717) is 11.4 Å². The van der Waals surface area contributed by atoms with E-state index in [1.54, 1.807) is 12.5 Å². The maximum Gasteiger partial charge on any atom is 0.145 e. The van der Waals surface area contributed by atoms with Crippen molar-refractivity contribution >= 4 is 45.6 Å². The fourth-order valence-corrected chi connectivity index (χ4v) is 2.12. The molecule has 0 bridgehead atoms. The van der Waals surface area contributed by atoms with Crippen molar-refractivity contribution in [3.8, 4) is 0 Å². The standard InChI is InChI=1S/C9H13IN4S/c1-6(3-8(11)15)14(2)9-7(10)4-12-5-13-9/h4-6H,3H2,1-2H3,(H2,11,15). The number of rotatable bonds is 4. The van der Waals surface area contributed by atoms with Gasteiger partial charge in [0.2, 0.25) is 0 Å². The number of aromatic nitrogens is 2. The molecule has 1 unspecified atom stereocenters. The molecule has 0 aliphatic heterocycles. The Bertz CT molecular complexity index is 358. The minimum atomic E-state index is 0.242. The summed E-state index contributed by atoms with van der Waals surface area (Å²) in [5, 5.41) is 0. The summed E-state index contributed by atoms with van der Waals surface area (Å²) in [4.78, 5) is 10.8. The highest BCUT2D eigenvalue weighted by Gasteiger charge is 2.14. The molecule has 2 N–H and O–H groups in total. The van der Waals surface area contributed by atoms with Crippen molar-refractivity contribution in [3.63, 3.8) is 0 Å². The number of nitrogens with zero attached hydrogens (tertiary/aromatic N) is 3. The molecule has 1 atom stereocenters. The quantitative estimate of drug-likeness (QED) is 0.668. The van der Waals surface area contributed by atoms with Gasteiger partial charge in [-0.3, -0.25) is 0 Å². The van der Waals surface area contributed by atoms with Crippen LogP contribution in [-0.4, -0.2) is 28.0 Å². The lowest BCUT2D eigenvalue weighted by Crippen LogP contribution is -2.33. The average Bonchev–Trinajstić information content (AvgIpc) is 2.16. The second-order valence-corrected chi connectivity index (χ2v) is 5.01. The Morgan fingerprint density at radius 2 is 2.40 bits per heavy atom. The van der Waals surface area contributed by atoms with Gasteiger partial charge >= 0.3 is 0 Å². The monoisotopic (exact) mass is 336 g/mol. The summed E-state index contributed by atoms with van der Waals surface area (Å²) < 4.78 is 1.02. The van der Waals surface area contributed by atoms with Gasteiger partial charge in [-0.2, -0.15) is 0 Å². The lowest BCUT2D eigenvalue weighted by molar-refractivity contribution is 0.702. The van der Waals surface area contributed by atoms with E-state index in [2.05, 4.69) is 44.4 Å². The van der Waals surface area contributed by atoms with Crippen LogP contribution in [0.5, 0.6) is 0 Å². The van der Waals surface area contributed by atoms with Crippen LogP contribution < -0.4 is 10.6 Å². The maximum atomic E-state index is 5.52. The molecule has 1 aromatic heterocycles. The zero-order valence-corrected chi connectivity index (χ0v) is 11.6. The third-order valence-corrected chi connectivity index (χ3v) is 3.07. The lowest BCUT2D eigenvalue weighted by atomic mass is 10.2. The average molecular weight is 336 g/mol. The van der Waals surface area contributed by atoms with Crippen molar-refractivity contribution in [2.45, 2.75) is 19.4 Å². The molecular weight excluding hydrogens is 323 g/mol. The third kappa shape index (κ3) is 3.53. The van der Waals surface area contributed by atoms with Crippen molar-refractivity contribution in [2.24, 2.45) is 5.73 Å². The molecule has 0 spiro atoms. The minimum Gasteiger partial charge on any atom is -0.393 e. The van der Waals surface area contributed by atoms with Crippen molar-refractivity contribution in [1.82, 2.24) is 9.97 Å². The van der Waals surface area contributed by atoms with E-state index in [1.165, 1.54) is 0 Å². The molecule has 0 aromatic carbocycles. The normalized spacial score (nSPS) is 12.2. The van der Waals surface area contributed by atoms with Crippen LogP contribution in [0.1, 0.15) is 13.3 Å². The van der Waals surface area contributed by atoms with Crippen LogP contribution in [0.3, 0.4) is 0 Å². The minimum absolute atomic E-state index is 0.242. The van der Waals surface area contributed by atoms with Gasteiger partial charge in [-0.15, -0.1) is 0 Å². The van der Waals surface area contributed by atoms with Gasteiger partial charge in [0.05, 0.1) is 8.56 Å². The predicted octanol–water partition coefficient (Wildman–Crippen LogP) is 1.58. The highest BCUT2D eigenvalue weighted by molar-refractivity contribution is 14.1. The first kappa shape index (κ1) is 12.6. The van der Waals surface area contributed by atoms with Crippen LogP contribution in [0.25, 0.3) is 0 Å². The Labute approximate surface area is 108 Å². The summed E-state index contributed by atoms with van der Waals surface area (Å²) >= 11 is 7.10. The number of halogens is 1. The lowest BCUT2D eigenvalue weighted by Gasteiger charge is -2.26. The van der Waals surface area contributed by atoms with Crippen LogP contribution in [0.4, 0.5) is 5.82 Å². The van der Waals surface area contributed by atoms with Gasteiger partial charge in [-0.05, 0) is 29.5 Å². The molecule has 1 rings (SSSR count). The first-order valence-electron chi connectivity index (χ1n) is 4.49. The second kappa shape index (κ2) is 5.55. The second-order valence-electron chi connectivity index (χ2n) is 3.32. The highest BCUT2D eigenvalue weighted by atomic mass is 127. The van der Waals surface area contributed by atoms with Crippen molar-refractivity contribution < 1.29 is 0 Å². The zero-order chi connectivity index (χ0) is 11.4. The van der Waals surface area contributed by atoms with E-state index >= 15 is 0 Å². The van der Waals surface area contributed by atoms with E-state index in [1.807, 2.05) is 7.05 Å². The van der Waals surface area contributed by atoms with Crippen molar-refractivity contribution in [2.75, 3.05) is 11.9 Å². The fourth-order valence-electron chi connectivity index (χ4n) is 1.20. The summed E-state index contributed by atoms with van der Waals surface area (Å²) in [6, 6.07) is 0.242. The molecule has 0 saturated heterocycles. The van der Waals surface area contributed by atoms with E-state index < -0.39 is 0 Å². The van der Waals surface area contributed by atoms with Gasteiger partial charge in [-0.25, -0.2) is 9.97 Å². The van der Waals surface area contributed by atoms with Crippen LogP contribution in [0.2, 0.25) is 0 Å². The van der Waals surface area contributed by atoms with E-state index in [0.717, 1.165) is 9.39 Å². The van der Waals surface area contributed by atoms with Crippen LogP contribution >= 0.6 is 34.8 Å². The molecule has 1 aromatic rings. The Kier molecular flexibility index (Phi) is 4.65. The van der Waals surface area contributed by atoms with Gasteiger partial charge in [0.1, 0.15) is 12.1 Å². The number of nitrogens with two attached hydrogens (primary N) is 1. The van der Waals surface area contributed by atoms with Gasteiger partial charge in [0.15, 0.2) is 0 Å². The molecule has 6 heteroatoms. The Morgan fingerprint density at radius 3 is 2.93 bits per heavy atom. The predicted molar refractivity (Wildman–Crippen MR) is 74.0 cm³/mol. The van der Waals surface area contributed by atoms with E-state index in [9.17, 15) is 0 Å². The molecule has 0 aliphatic carbocycles. The highest BCUT2D eigenvalue weighted by Crippen LogP contribution is 2.19. The SMILES string of the molecule is CC(CC(N)=S)N(C)c1ncncc1I. The van der Waals surface area contributed by atoms with Crippen LogP contribution in [0.15, 0.2) is 12.5 Å². The Morgan fingerprint density at radius 1 is 1.73 bits per heavy atom. The Balaban J connectivity index is 2.80. The summed E-state index contributed by atoms with van der Waals surface area (Å²) in [5.41, 5.74) is 5.52. The molecular formula is C9H13IN4S. The van der Waals surface area contributed by atoms with Crippen LogP contribution in [-0.2, 0) is 0 Å². The molecule has 0 fully saturated rings. The molecule has 0 aliphatic rings. The number of thiocarbonyl (C=S) groups is 1. The first-order valence-corrected chi connectivity index (χ1v) is 5.97. The van der Waals surface area contributed by atoms with Crippen LogP contribution in [0, 0.1) is 3.57 Å². The molecule has 0 amide bonds. The number of anilines is 1. The van der Waals surface area contributed by atoms with Crippen molar-refractivity contribution in [1.29, 1.82) is 0 Å². The maximum absolute atomic E-state index is 5.52. The molecule has 15 heavy (non-hydrogen) atoms. The third-order valence-electron chi connectivity index (χ3n) is 2.14. The number of hydrogen-bond acceptors (Lipinski definition) is 4. The van der Waals surface area contributed by atoms with E-state index in [-0.39, 0.29) is 6.04 Å².